The van der Waals surface area contributed by atoms with Crippen molar-refractivity contribution in [2.75, 3.05) is 93.5 Å². The number of rotatable bonds is 30. The minimum absolute atomic E-state index is 0.0590. The van der Waals surface area contributed by atoms with Crippen molar-refractivity contribution in [1.82, 2.24) is 0 Å². The van der Waals surface area contributed by atoms with E-state index < -0.39 is 66.7 Å². The summed E-state index contributed by atoms with van der Waals surface area (Å²) in [6, 6.07) is 0. The second kappa shape index (κ2) is 63.1. The lowest BCUT2D eigenvalue weighted by Gasteiger charge is -2.23. The molecule has 524 valence electrons. The van der Waals surface area contributed by atoms with Crippen molar-refractivity contribution in [2.24, 2.45) is 5.92 Å². The van der Waals surface area contributed by atoms with Gasteiger partial charge in [0.15, 0.2) is 0 Å². The molecule has 0 spiro atoms. The van der Waals surface area contributed by atoms with Gasteiger partial charge in [-0.25, -0.2) is 17.6 Å². The van der Waals surface area contributed by atoms with Crippen molar-refractivity contribution in [3.8, 4) is 0 Å². The summed E-state index contributed by atoms with van der Waals surface area (Å²) in [6.45, 7) is 26.7. The van der Waals surface area contributed by atoms with Gasteiger partial charge in [0.1, 0.15) is 12.2 Å². The molecule has 85 heavy (non-hydrogen) atoms. The Hall–Kier alpha value is -2.48. The highest BCUT2D eigenvalue weighted by Crippen LogP contribution is 2.25. The summed E-state index contributed by atoms with van der Waals surface area (Å²) < 4.78 is 215. The van der Waals surface area contributed by atoms with Gasteiger partial charge in [0.2, 0.25) is 11.8 Å². The van der Waals surface area contributed by atoms with Gasteiger partial charge >= 0.3 is 42.5 Å². The maximum absolute atomic E-state index is 12.4. The Balaban J connectivity index is -0.000000111. The lowest BCUT2D eigenvalue weighted by atomic mass is 9.89. The van der Waals surface area contributed by atoms with Gasteiger partial charge in [-0.1, -0.05) is 46.0 Å². The first-order valence-electron chi connectivity index (χ1n) is 28.2. The molecule has 0 aliphatic heterocycles. The number of aliphatic hydroxyl groups is 2. The van der Waals surface area contributed by atoms with Crippen molar-refractivity contribution < 1.29 is 133 Å². The number of alkyl halides is 14. The third-order valence-corrected chi connectivity index (χ3v) is 8.32. The molecule has 0 bridgehead atoms. The Morgan fingerprint density at radius 1 is 0.471 bits per heavy atom. The van der Waals surface area contributed by atoms with Crippen molar-refractivity contribution in [2.45, 2.75) is 256 Å². The molecule has 1 saturated carbocycles. The molecule has 0 saturated heterocycles. The normalized spacial score (nSPS) is 13.6. The smallest absolute Gasteiger partial charge is 0.353 e. The minimum Gasteiger partial charge on any atom is -0.460 e. The minimum atomic E-state index is -3.18. The molecule has 0 aromatic carbocycles. The van der Waals surface area contributed by atoms with Crippen LogP contribution in [0.25, 0.3) is 0 Å². The predicted molar refractivity (Wildman–Crippen MR) is 299 cm³/mol. The monoisotopic (exact) mass is 1290 g/mol. The number of halogens is 14. The van der Waals surface area contributed by atoms with Gasteiger partial charge in [-0.3, -0.25) is 9.59 Å². The highest BCUT2D eigenvalue weighted by Gasteiger charge is 2.28. The van der Waals surface area contributed by atoms with Gasteiger partial charge in [-0.15, -0.1) is 0 Å². The van der Waals surface area contributed by atoms with E-state index in [4.69, 9.17) is 24.4 Å². The van der Waals surface area contributed by atoms with Crippen LogP contribution in [0, 0.1) is 5.92 Å². The largest absolute Gasteiger partial charge is 0.460 e. The van der Waals surface area contributed by atoms with Gasteiger partial charge < -0.3 is 62.3 Å². The number of hydrogen-bond donors (Lipinski definition) is 2. The Morgan fingerprint density at radius 2 is 0.835 bits per heavy atom. The average molecular weight is 1290 g/mol. The van der Waals surface area contributed by atoms with E-state index in [1.165, 1.54) is 54.1 Å². The molecular formula is C56H112F14O15. The van der Waals surface area contributed by atoms with E-state index in [-0.39, 0.29) is 77.6 Å². The standard InChI is InChI=1S/C12H20F2O3.C7H12F2O3.C7H16O.C6H12F2O.C5H10F2O2.2C5H10F2O.C4H8F2O.C3H8O.C2H6O/c1-9(8-16-12(2,13)14)17-11(15)10-6-4-3-5-7-10;1-5(12-6(2)10)4-11-7(3,8)9;1-3-5-6-7-8-4-2;1-3-9-5-4-6(2,7)8;1-4(8)3-9-5(2,6)7;1-5(6,7)3-4-8-2;1-3-4-8-5(2,6)7;1-3-7-4(2,5)6;1-3-4-2;1-2-3/h9-10H,3-8H2,1-2H3;5H,4H2,1-3H3;3-7H2,1-2H3;3-5H2,1-2H3;4,8H,3H2,1-2H3;2*3-4H2,1-2H3;3H2,1-2H3;3H2,1-2H3;3H,2H2,1H3. The summed E-state index contributed by atoms with van der Waals surface area (Å²) in [7, 11) is 3.09. The van der Waals surface area contributed by atoms with Crippen LogP contribution in [-0.2, 0) is 61.7 Å². The van der Waals surface area contributed by atoms with Crippen molar-refractivity contribution in [1.29, 1.82) is 0 Å². The fourth-order valence-corrected chi connectivity index (χ4v) is 4.59. The summed E-state index contributed by atoms with van der Waals surface area (Å²) in [4.78, 5) is 22.0. The lowest BCUT2D eigenvalue weighted by Crippen LogP contribution is -2.29. The second-order valence-corrected chi connectivity index (χ2v) is 18.7. The average Bonchev–Trinajstić information content (AvgIpc) is 3.35. The molecule has 29 heteroatoms. The predicted octanol–water partition coefficient (Wildman–Crippen LogP) is 16.0. The molecule has 1 fully saturated rings. The van der Waals surface area contributed by atoms with E-state index in [2.05, 4.69) is 44.8 Å². The first-order chi connectivity index (χ1) is 38.6. The maximum atomic E-state index is 12.4. The third-order valence-electron chi connectivity index (χ3n) is 8.32. The van der Waals surface area contributed by atoms with Crippen molar-refractivity contribution in [3.63, 3.8) is 0 Å². The van der Waals surface area contributed by atoms with Crippen LogP contribution in [0.1, 0.15) is 195 Å². The number of methoxy groups -OCH3 is 2. The van der Waals surface area contributed by atoms with E-state index in [0.717, 1.165) is 79.6 Å². The van der Waals surface area contributed by atoms with Crippen LogP contribution in [0.2, 0.25) is 0 Å². The summed E-state index contributed by atoms with van der Waals surface area (Å²) >= 11 is 0. The van der Waals surface area contributed by atoms with E-state index >= 15 is 0 Å². The molecule has 15 nitrogen and oxygen atoms in total. The van der Waals surface area contributed by atoms with Gasteiger partial charge in [0, 0.05) is 102 Å². The van der Waals surface area contributed by atoms with Crippen LogP contribution in [0.3, 0.4) is 0 Å². The van der Waals surface area contributed by atoms with Gasteiger partial charge in [-0.05, 0) is 94.9 Å². The van der Waals surface area contributed by atoms with Crippen molar-refractivity contribution >= 4 is 11.9 Å². The molecule has 3 unspecified atom stereocenters. The quantitative estimate of drug-likeness (QED) is 0.0394. The Morgan fingerprint density at radius 3 is 1.08 bits per heavy atom. The fraction of sp³-hybridized carbons (Fsp3) is 0.964. The molecule has 1 aliphatic carbocycles. The molecular weight excluding hydrogens is 1180 g/mol. The van der Waals surface area contributed by atoms with Gasteiger partial charge in [0.25, 0.3) is 0 Å². The zero-order valence-electron chi connectivity index (χ0n) is 54.6. The number of hydrogen-bond acceptors (Lipinski definition) is 15. The fourth-order valence-electron chi connectivity index (χ4n) is 4.59. The molecule has 2 N–H and O–H groups in total. The molecule has 0 aromatic heterocycles. The highest BCUT2D eigenvalue weighted by molar-refractivity contribution is 5.72. The zero-order valence-corrected chi connectivity index (χ0v) is 54.6. The third kappa shape index (κ3) is 136. The van der Waals surface area contributed by atoms with Gasteiger partial charge in [0.05, 0.1) is 58.3 Å². The first-order valence-corrected chi connectivity index (χ1v) is 28.2. The number of carbonyl (C=O) groups excluding carboxylic acids is 2. The summed E-state index contributed by atoms with van der Waals surface area (Å²) in [5.41, 5.74) is 0. The van der Waals surface area contributed by atoms with E-state index in [1.54, 1.807) is 34.8 Å². The summed E-state index contributed by atoms with van der Waals surface area (Å²) in [5, 5.41) is 16.0. The van der Waals surface area contributed by atoms with Crippen LogP contribution < -0.4 is 0 Å². The van der Waals surface area contributed by atoms with Crippen LogP contribution in [-0.4, -0.2) is 176 Å². The number of esters is 2. The molecule has 0 aromatic rings. The Bertz CT molecular complexity index is 1330. The Labute approximate surface area is 499 Å². The molecule has 0 amide bonds. The number of unbranched alkanes of at least 4 members (excludes halogenated alkanes) is 2. The maximum Gasteiger partial charge on any atom is 0.353 e. The molecule has 3 atom stereocenters. The Kier molecular flexibility index (Phi) is 75.3. The van der Waals surface area contributed by atoms with E-state index in [9.17, 15) is 71.1 Å². The number of carbonyl (C=O) groups is 2. The van der Waals surface area contributed by atoms with E-state index in [0.29, 0.717) is 33.8 Å². The molecule has 0 heterocycles. The SMILES string of the molecule is CC(=O)OC(C)COC(C)(F)F.CC(COC(C)(F)F)OC(=O)C1CCCCC1.CC(O)COC(C)(F)F.CCCCCOCC.CCCOC(C)(F)F.CCO.CCOC.CCOC(C)(F)F.CCOCCC(C)(F)F.COCCC(C)(F)F. The van der Waals surface area contributed by atoms with Crippen LogP contribution >= 0.6 is 0 Å². The van der Waals surface area contributed by atoms with Crippen LogP contribution in [0.4, 0.5) is 61.5 Å². The van der Waals surface area contributed by atoms with Crippen LogP contribution in [0.15, 0.2) is 0 Å². The first kappa shape index (κ1) is 101. The van der Waals surface area contributed by atoms with Crippen molar-refractivity contribution in [3.05, 3.63) is 0 Å². The molecule has 1 rings (SSSR count). The number of aliphatic hydroxyl groups excluding tert-OH is 2. The van der Waals surface area contributed by atoms with E-state index in [1.807, 2.05) is 13.8 Å². The second-order valence-electron chi connectivity index (χ2n) is 18.7. The van der Waals surface area contributed by atoms with Crippen LogP contribution in [0.5, 0.6) is 0 Å². The lowest BCUT2D eigenvalue weighted by molar-refractivity contribution is -0.237. The number of ether oxygens (including phenoxy) is 11. The zero-order chi connectivity index (χ0) is 69.0. The molecule has 0 radical (unpaired) electrons. The highest BCUT2D eigenvalue weighted by atomic mass is 19.3. The molecule has 1 aliphatic rings. The topological polar surface area (TPSA) is 176 Å². The summed E-state index contributed by atoms with van der Waals surface area (Å²) in [5.74, 6) is -6.00. The summed E-state index contributed by atoms with van der Waals surface area (Å²) in [6.07, 6.45) is -8.49. The van der Waals surface area contributed by atoms with Gasteiger partial charge in [-0.2, -0.15) is 43.9 Å².